The van der Waals surface area contributed by atoms with Gasteiger partial charge in [0.05, 0.1) is 12.5 Å². The molecule has 0 bridgehead atoms. The molecule has 0 saturated heterocycles. The van der Waals surface area contributed by atoms with E-state index in [1.54, 1.807) is 33.1 Å². The van der Waals surface area contributed by atoms with E-state index < -0.39 is 0 Å². The van der Waals surface area contributed by atoms with Gasteiger partial charge in [-0.1, -0.05) is 34.1 Å². The first kappa shape index (κ1) is 15.3. The summed E-state index contributed by atoms with van der Waals surface area (Å²) >= 11 is 9.95. The van der Waals surface area contributed by atoms with Crippen molar-refractivity contribution in [2.24, 2.45) is 0 Å². The van der Waals surface area contributed by atoms with Gasteiger partial charge in [-0.3, -0.25) is 0 Å². The van der Waals surface area contributed by atoms with E-state index in [1.165, 1.54) is 0 Å². The lowest BCUT2D eigenvalue weighted by Gasteiger charge is -2.16. The van der Waals surface area contributed by atoms with E-state index in [2.05, 4.69) is 15.9 Å². The Hall–Kier alpha value is -1.06. The quantitative estimate of drug-likeness (QED) is 0.655. The van der Waals surface area contributed by atoms with E-state index in [0.717, 1.165) is 15.6 Å². The average Bonchev–Trinajstić information content (AvgIpc) is 2.43. The summed E-state index contributed by atoms with van der Waals surface area (Å²) < 4.78 is 20.0. The van der Waals surface area contributed by atoms with Crippen molar-refractivity contribution in [3.05, 3.63) is 62.9 Å². The standard InChI is InChI=1S/C16H15BrClFO/c1-9-6-11(7-10(2)16(9)19)15(18)13-5-4-12(17)8-14(13)20-3/h4-8,15H,1-3H3. The van der Waals surface area contributed by atoms with Gasteiger partial charge in [0.15, 0.2) is 0 Å². The molecule has 106 valence electrons. The molecular formula is C16H15BrClFO. The van der Waals surface area contributed by atoms with Crippen molar-refractivity contribution >= 4 is 27.5 Å². The number of hydrogen-bond donors (Lipinski definition) is 0. The summed E-state index contributed by atoms with van der Waals surface area (Å²) in [5, 5.41) is -0.379. The fraction of sp³-hybridized carbons (Fsp3) is 0.250. The molecular weight excluding hydrogens is 343 g/mol. The van der Waals surface area contributed by atoms with E-state index in [4.69, 9.17) is 16.3 Å². The minimum absolute atomic E-state index is 0.180. The molecule has 0 spiro atoms. The average molecular weight is 358 g/mol. The van der Waals surface area contributed by atoms with E-state index in [0.29, 0.717) is 16.9 Å². The molecule has 0 aliphatic heterocycles. The lowest BCUT2D eigenvalue weighted by molar-refractivity contribution is 0.410. The van der Waals surface area contributed by atoms with Crippen LogP contribution >= 0.6 is 27.5 Å². The fourth-order valence-corrected chi connectivity index (χ4v) is 2.85. The number of halogens is 3. The van der Waals surface area contributed by atoms with Crippen LogP contribution < -0.4 is 4.74 Å². The monoisotopic (exact) mass is 356 g/mol. The number of benzene rings is 2. The van der Waals surface area contributed by atoms with Crippen molar-refractivity contribution in [3.8, 4) is 5.75 Å². The summed E-state index contributed by atoms with van der Waals surface area (Å²) in [4.78, 5) is 0. The van der Waals surface area contributed by atoms with Crippen molar-refractivity contribution in [2.75, 3.05) is 7.11 Å². The molecule has 0 aromatic heterocycles. The number of rotatable bonds is 3. The van der Waals surface area contributed by atoms with Crippen LogP contribution in [0.1, 0.15) is 27.6 Å². The van der Waals surface area contributed by atoms with Crippen LogP contribution in [0, 0.1) is 19.7 Å². The maximum Gasteiger partial charge on any atom is 0.129 e. The van der Waals surface area contributed by atoms with Crippen LogP contribution in [0.2, 0.25) is 0 Å². The molecule has 2 aromatic rings. The molecule has 0 amide bonds. The largest absolute Gasteiger partial charge is 0.496 e. The maximum atomic E-state index is 13.7. The molecule has 0 radical (unpaired) electrons. The number of hydrogen-bond acceptors (Lipinski definition) is 1. The van der Waals surface area contributed by atoms with E-state index in [9.17, 15) is 4.39 Å². The van der Waals surface area contributed by atoms with Crippen LogP contribution in [0.4, 0.5) is 4.39 Å². The number of alkyl halides is 1. The highest BCUT2D eigenvalue weighted by atomic mass is 79.9. The third kappa shape index (κ3) is 2.99. The van der Waals surface area contributed by atoms with Crippen LogP contribution in [0.25, 0.3) is 0 Å². The van der Waals surface area contributed by atoms with Crippen LogP contribution in [-0.4, -0.2) is 7.11 Å². The number of ether oxygens (including phenoxy) is 1. The molecule has 0 heterocycles. The second kappa shape index (κ2) is 6.15. The molecule has 0 N–H and O–H groups in total. The molecule has 4 heteroatoms. The fourth-order valence-electron chi connectivity index (χ4n) is 2.20. The lowest BCUT2D eigenvalue weighted by atomic mass is 9.99. The molecule has 0 aliphatic rings. The van der Waals surface area contributed by atoms with E-state index >= 15 is 0 Å². The van der Waals surface area contributed by atoms with E-state index in [-0.39, 0.29) is 11.2 Å². The lowest BCUT2D eigenvalue weighted by Crippen LogP contribution is -2.00. The minimum atomic E-state index is -0.379. The van der Waals surface area contributed by atoms with Gasteiger partial charge in [-0.2, -0.15) is 0 Å². The van der Waals surface area contributed by atoms with Gasteiger partial charge in [0.2, 0.25) is 0 Å². The molecule has 2 rings (SSSR count). The first-order chi connectivity index (χ1) is 9.43. The van der Waals surface area contributed by atoms with Crippen LogP contribution in [0.5, 0.6) is 5.75 Å². The predicted molar refractivity (Wildman–Crippen MR) is 84.3 cm³/mol. The molecule has 0 saturated carbocycles. The van der Waals surface area contributed by atoms with Gasteiger partial charge in [0, 0.05) is 10.0 Å². The highest BCUT2D eigenvalue weighted by Gasteiger charge is 2.18. The molecule has 1 atom stereocenters. The van der Waals surface area contributed by atoms with Gasteiger partial charge in [0.25, 0.3) is 0 Å². The Morgan fingerprint density at radius 3 is 2.30 bits per heavy atom. The third-order valence-corrected chi connectivity index (χ3v) is 4.20. The zero-order valence-corrected chi connectivity index (χ0v) is 13.8. The first-order valence-electron chi connectivity index (χ1n) is 6.18. The Balaban J connectivity index is 2.48. The highest BCUT2D eigenvalue weighted by Crippen LogP contribution is 2.37. The summed E-state index contributed by atoms with van der Waals surface area (Å²) in [5.41, 5.74) is 2.93. The summed E-state index contributed by atoms with van der Waals surface area (Å²) in [6.07, 6.45) is 0. The molecule has 20 heavy (non-hydrogen) atoms. The second-order valence-corrected chi connectivity index (χ2v) is 6.07. The molecule has 1 unspecified atom stereocenters. The summed E-state index contributed by atoms with van der Waals surface area (Å²) in [6, 6.07) is 9.25. The van der Waals surface area contributed by atoms with Crippen LogP contribution in [0.15, 0.2) is 34.8 Å². The van der Waals surface area contributed by atoms with Crippen molar-refractivity contribution in [1.82, 2.24) is 0 Å². The Morgan fingerprint density at radius 2 is 1.75 bits per heavy atom. The predicted octanol–water partition coefficient (Wildman–Crippen LogP) is 5.54. The zero-order valence-electron chi connectivity index (χ0n) is 11.5. The summed E-state index contributed by atoms with van der Waals surface area (Å²) in [7, 11) is 1.61. The normalized spacial score (nSPS) is 12.3. The van der Waals surface area contributed by atoms with Gasteiger partial charge in [0.1, 0.15) is 11.6 Å². The van der Waals surface area contributed by atoms with Crippen LogP contribution in [0.3, 0.4) is 0 Å². The van der Waals surface area contributed by atoms with Crippen molar-refractivity contribution < 1.29 is 9.13 Å². The maximum absolute atomic E-state index is 13.7. The van der Waals surface area contributed by atoms with Crippen LogP contribution in [-0.2, 0) is 0 Å². The molecule has 2 aromatic carbocycles. The first-order valence-corrected chi connectivity index (χ1v) is 7.41. The Kier molecular flexibility index (Phi) is 4.71. The topological polar surface area (TPSA) is 9.23 Å². The van der Waals surface area contributed by atoms with Gasteiger partial charge in [-0.15, -0.1) is 11.6 Å². The molecule has 1 nitrogen and oxygen atoms in total. The smallest absolute Gasteiger partial charge is 0.129 e. The Labute approximate surface area is 131 Å². The molecule has 0 fully saturated rings. The zero-order chi connectivity index (χ0) is 14.9. The summed E-state index contributed by atoms with van der Waals surface area (Å²) in [6.45, 7) is 3.49. The van der Waals surface area contributed by atoms with Crippen molar-refractivity contribution in [1.29, 1.82) is 0 Å². The second-order valence-electron chi connectivity index (χ2n) is 4.72. The summed E-state index contributed by atoms with van der Waals surface area (Å²) in [5.74, 6) is 0.527. The number of aryl methyl sites for hydroxylation is 2. The third-order valence-electron chi connectivity index (χ3n) is 3.22. The Bertz CT molecular complexity index is 619. The Morgan fingerprint density at radius 1 is 1.15 bits per heavy atom. The van der Waals surface area contributed by atoms with Gasteiger partial charge in [-0.25, -0.2) is 4.39 Å². The minimum Gasteiger partial charge on any atom is -0.496 e. The number of methoxy groups -OCH3 is 1. The van der Waals surface area contributed by atoms with Gasteiger partial charge >= 0.3 is 0 Å². The van der Waals surface area contributed by atoms with Crippen molar-refractivity contribution in [2.45, 2.75) is 19.2 Å². The van der Waals surface area contributed by atoms with E-state index in [1.807, 2.05) is 18.2 Å². The van der Waals surface area contributed by atoms with Crippen molar-refractivity contribution in [3.63, 3.8) is 0 Å². The SMILES string of the molecule is COc1cc(Br)ccc1C(Cl)c1cc(C)c(F)c(C)c1. The molecule has 0 aliphatic carbocycles. The highest BCUT2D eigenvalue weighted by molar-refractivity contribution is 9.10. The van der Waals surface area contributed by atoms with Gasteiger partial charge < -0.3 is 4.74 Å². The van der Waals surface area contributed by atoms with Gasteiger partial charge in [-0.05, 0) is 42.7 Å².